The molecule has 0 amide bonds. The number of sulfone groups is 1. The largest absolute Gasteiger partial charge is 0.381 e. The number of nitrogens with one attached hydrogen (secondary N) is 2. The maximum Gasteiger partial charge on any atom is 0.181 e. The Labute approximate surface area is 272 Å². The molecule has 3 aliphatic rings. The van der Waals surface area contributed by atoms with E-state index in [1.807, 2.05) is 24.5 Å². The highest BCUT2D eigenvalue weighted by Gasteiger charge is 2.43. The van der Waals surface area contributed by atoms with Crippen molar-refractivity contribution in [2.45, 2.75) is 69.2 Å². The van der Waals surface area contributed by atoms with Gasteiger partial charge in [-0.25, -0.2) is 18.4 Å². The fraction of sp³-hybridized carbons (Fsp3) is 0.441. The van der Waals surface area contributed by atoms with Crippen LogP contribution in [0.25, 0.3) is 31.9 Å². The second-order valence-electron chi connectivity index (χ2n) is 13.0. The van der Waals surface area contributed by atoms with Crippen LogP contribution in [-0.2, 0) is 27.4 Å². The highest BCUT2D eigenvalue weighted by atomic mass is 32.2. The number of fused-ring (bicyclic) bond motifs is 3. The van der Waals surface area contributed by atoms with Crippen molar-refractivity contribution >= 4 is 37.1 Å². The Hall–Kier alpha value is -3.74. The van der Waals surface area contributed by atoms with Crippen molar-refractivity contribution in [3.8, 4) is 21.8 Å². The topological polar surface area (TPSA) is 136 Å². The van der Waals surface area contributed by atoms with Gasteiger partial charge in [0.25, 0.3) is 0 Å². The number of hydrogen-bond donors (Lipinski definition) is 2. The smallest absolute Gasteiger partial charge is 0.181 e. The fourth-order valence-electron chi connectivity index (χ4n) is 7.40. The maximum absolute atomic E-state index is 14.1. The van der Waals surface area contributed by atoms with E-state index in [2.05, 4.69) is 51.5 Å². The lowest BCUT2D eigenvalue weighted by atomic mass is 9.89. The molecule has 46 heavy (non-hydrogen) atoms. The third-order valence-electron chi connectivity index (χ3n) is 9.86. The molecule has 238 valence electrons. The summed E-state index contributed by atoms with van der Waals surface area (Å²) in [5, 5.41) is 11.9. The lowest BCUT2D eigenvalue weighted by molar-refractivity contribution is 0.0639. The van der Waals surface area contributed by atoms with Crippen molar-refractivity contribution in [1.82, 2.24) is 30.1 Å². The summed E-state index contributed by atoms with van der Waals surface area (Å²) in [5.41, 5.74) is 5.33. The summed E-state index contributed by atoms with van der Waals surface area (Å²) >= 11 is 1.57. The van der Waals surface area contributed by atoms with Crippen LogP contribution >= 0.6 is 11.3 Å². The second-order valence-corrected chi connectivity index (χ2v) is 16.1. The number of ether oxygens (including phenoxy) is 1. The molecular weight excluding hydrogens is 619 g/mol. The van der Waals surface area contributed by atoms with E-state index in [1.165, 1.54) is 11.9 Å². The molecule has 2 aliphatic heterocycles. The Morgan fingerprint density at radius 2 is 1.96 bits per heavy atom. The van der Waals surface area contributed by atoms with Crippen LogP contribution in [0.1, 0.15) is 74.1 Å². The molecule has 0 spiro atoms. The standard InChI is InChI=1S/C34H37N7O3S2/c1-19(2)23-17-46(42,43)32-29(28(33-37-18-38-41-33)26(39-30(23)32)6-5-20-10-14-44-15-11-20)27-16-21-9-13-36-34(31(21)45-27)40-25-8-7-24-22(25)4-3-12-35-24/h3-4,9,12-13,16,18-20,23,25H,5-8,10-11,14-15,17H2,1-2H3,(H,36,40)(H,37,38,41)/t23-,25?/m1/s1. The van der Waals surface area contributed by atoms with Crippen molar-refractivity contribution in [2.75, 3.05) is 24.3 Å². The van der Waals surface area contributed by atoms with Crippen LogP contribution in [0.4, 0.5) is 5.82 Å². The normalized spacial score (nSPS) is 20.8. The van der Waals surface area contributed by atoms with Crippen LogP contribution in [0.3, 0.4) is 0 Å². The van der Waals surface area contributed by atoms with Crippen molar-refractivity contribution in [3.05, 3.63) is 65.6 Å². The average molecular weight is 656 g/mol. The number of aromatic nitrogens is 6. The van der Waals surface area contributed by atoms with Gasteiger partial charge in [0.05, 0.1) is 38.3 Å². The molecule has 1 saturated heterocycles. The molecular formula is C34H37N7O3S2. The third-order valence-corrected chi connectivity index (χ3v) is 12.9. The number of anilines is 1. The van der Waals surface area contributed by atoms with Gasteiger partial charge in [0.15, 0.2) is 15.7 Å². The minimum Gasteiger partial charge on any atom is -0.381 e. The molecule has 10 nitrogen and oxygen atoms in total. The van der Waals surface area contributed by atoms with E-state index in [0.717, 1.165) is 89.5 Å². The summed E-state index contributed by atoms with van der Waals surface area (Å²) in [6.07, 6.45) is 10.7. The van der Waals surface area contributed by atoms with E-state index in [9.17, 15) is 8.42 Å². The van der Waals surface area contributed by atoms with Crippen molar-refractivity contribution in [2.24, 2.45) is 11.8 Å². The van der Waals surface area contributed by atoms with Gasteiger partial charge in [-0.15, -0.1) is 11.3 Å². The Balaban J connectivity index is 1.30. The molecule has 12 heteroatoms. The predicted molar refractivity (Wildman–Crippen MR) is 179 cm³/mol. The number of rotatable bonds is 8. The summed E-state index contributed by atoms with van der Waals surface area (Å²) in [4.78, 5) is 20.3. The second kappa shape index (κ2) is 11.8. The zero-order chi connectivity index (χ0) is 31.4. The van der Waals surface area contributed by atoms with Crippen molar-refractivity contribution < 1.29 is 13.2 Å². The van der Waals surface area contributed by atoms with Gasteiger partial charge < -0.3 is 10.1 Å². The quantitative estimate of drug-likeness (QED) is 0.191. The summed E-state index contributed by atoms with van der Waals surface area (Å²) in [6.45, 7) is 5.74. The molecule has 0 radical (unpaired) electrons. The molecule has 5 aromatic rings. The molecule has 5 aromatic heterocycles. The van der Waals surface area contributed by atoms with Gasteiger partial charge in [-0.3, -0.25) is 15.1 Å². The molecule has 0 bridgehead atoms. The van der Waals surface area contributed by atoms with Gasteiger partial charge in [-0.2, -0.15) is 5.10 Å². The first-order chi connectivity index (χ1) is 22.4. The SMILES string of the molecule is CC(C)[C@H]1CS(=O)(=O)c2c1nc(CCC1CCOCC1)c(-c1ncn[nH]1)c2-c1cc2ccnc(NC3CCc4ncccc43)c2s1. The highest BCUT2D eigenvalue weighted by molar-refractivity contribution is 7.92. The summed E-state index contributed by atoms with van der Waals surface area (Å²) < 4.78 is 34.8. The van der Waals surface area contributed by atoms with E-state index >= 15 is 0 Å². The van der Waals surface area contributed by atoms with E-state index < -0.39 is 9.84 Å². The summed E-state index contributed by atoms with van der Waals surface area (Å²) in [6, 6.07) is 8.33. The maximum atomic E-state index is 14.1. The zero-order valence-corrected chi connectivity index (χ0v) is 27.6. The van der Waals surface area contributed by atoms with Crippen LogP contribution in [-0.4, -0.2) is 57.5 Å². The number of thiophene rings is 1. The Kier molecular flexibility index (Phi) is 7.61. The number of aryl methyl sites for hydroxylation is 2. The number of H-pyrrole nitrogens is 1. The minimum atomic E-state index is -3.62. The van der Waals surface area contributed by atoms with Crippen LogP contribution in [0.15, 0.2) is 47.9 Å². The molecule has 2 N–H and O–H groups in total. The molecule has 0 saturated carbocycles. The molecule has 8 rings (SSSR count). The molecule has 7 heterocycles. The van der Waals surface area contributed by atoms with Crippen molar-refractivity contribution in [1.29, 1.82) is 0 Å². The van der Waals surface area contributed by atoms with E-state index in [1.54, 1.807) is 11.3 Å². The van der Waals surface area contributed by atoms with Crippen LogP contribution in [0, 0.1) is 11.8 Å². The van der Waals surface area contributed by atoms with Gasteiger partial charge in [-0.05, 0) is 79.5 Å². The van der Waals surface area contributed by atoms with E-state index in [-0.39, 0.29) is 23.6 Å². The monoisotopic (exact) mass is 655 g/mol. The minimum absolute atomic E-state index is 0.0631. The lowest BCUT2D eigenvalue weighted by Gasteiger charge is -2.23. The van der Waals surface area contributed by atoms with Crippen molar-refractivity contribution in [3.63, 3.8) is 0 Å². The molecule has 1 unspecified atom stereocenters. The number of pyridine rings is 3. The molecule has 1 aliphatic carbocycles. The Bertz CT molecular complexity index is 2020. The first-order valence-electron chi connectivity index (χ1n) is 16.2. The predicted octanol–water partition coefficient (Wildman–Crippen LogP) is 6.52. The van der Waals surface area contributed by atoms with Gasteiger partial charge in [-0.1, -0.05) is 19.9 Å². The van der Waals surface area contributed by atoms with Gasteiger partial charge in [0, 0.05) is 47.7 Å². The molecule has 0 aromatic carbocycles. The molecule has 1 fully saturated rings. The van der Waals surface area contributed by atoms with Gasteiger partial charge in [0.2, 0.25) is 0 Å². The average Bonchev–Trinajstić information content (AvgIpc) is 3.86. The van der Waals surface area contributed by atoms with E-state index in [0.29, 0.717) is 27.9 Å². The number of hydrogen-bond acceptors (Lipinski definition) is 10. The van der Waals surface area contributed by atoms with Crippen LogP contribution in [0.5, 0.6) is 0 Å². The number of aromatic amines is 1. The lowest BCUT2D eigenvalue weighted by Crippen LogP contribution is -2.17. The highest BCUT2D eigenvalue weighted by Crippen LogP contribution is 2.51. The van der Waals surface area contributed by atoms with Gasteiger partial charge >= 0.3 is 0 Å². The fourth-order valence-corrected chi connectivity index (χ4v) is 10.9. The van der Waals surface area contributed by atoms with Crippen LogP contribution in [0.2, 0.25) is 0 Å². The number of nitrogens with zero attached hydrogens (tertiary/aromatic N) is 5. The molecule has 2 atom stereocenters. The summed E-state index contributed by atoms with van der Waals surface area (Å²) in [7, 11) is -3.62. The van der Waals surface area contributed by atoms with Crippen LogP contribution < -0.4 is 5.32 Å². The van der Waals surface area contributed by atoms with E-state index in [4.69, 9.17) is 14.7 Å². The zero-order valence-electron chi connectivity index (χ0n) is 26.0. The third kappa shape index (κ3) is 5.20. The summed E-state index contributed by atoms with van der Waals surface area (Å²) in [5.74, 6) is 1.90. The first-order valence-corrected chi connectivity index (χ1v) is 18.7. The first kappa shape index (κ1) is 29.6. The van der Waals surface area contributed by atoms with Gasteiger partial charge in [0.1, 0.15) is 12.1 Å². The Morgan fingerprint density at radius 3 is 2.76 bits per heavy atom. The Morgan fingerprint density at radius 1 is 1.09 bits per heavy atom.